The van der Waals surface area contributed by atoms with Gasteiger partial charge in [0, 0.05) is 19.9 Å². The van der Waals surface area contributed by atoms with Crippen molar-refractivity contribution in [3.8, 4) is 5.75 Å². The van der Waals surface area contributed by atoms with Crippen LogP contribution in [0.15, 0.2) is 49.6 Å². The molecule has 1 rings (SSSR count). The molecule has 0 radical (unpaired) electrons. The molecule has 0 unspecified atom stereocenters. The van der Waals surface area contributed by atoms with Gasteiger partial charge in [-0.3, -0.25) is 14.4 Å². The van der Waals surface area contributed by atoms with Gasteiger partial charge in [0.05, 0.1) is 7.11 Å². The Bertz CT molecular complexity index is 1100. The standard InChI is InChI=1S/C31H46N4O8/c1-8-12-25(29(39)41-7)35-27(37)24(13-10-11-18-32-30(40)43-31(4,5)6)34-28(38)26(33-21(3)36)20-22-14-16-23(17-15-22)42-19-9-2/h8-9,14-17,24-26H,1-2,10-13,18-20H2,3-7H3,(H,32,40)(H,33,36)(H,34,38)(H,35,37)/t24-,25-,26-/m0/s1. The van der Waals surface area contributed by atoms with E-state index in [1.807, 2.05) is 0 Å². The lowest BCUT2D eigenvalue weighted by molar-refractivity contribution is -0.145. The molecule has 0 fully saturated rings. The first-order valence-electron chi connectivity index (χ1n) is 14.2. The minimum atomic E-state index is -1.04. The van der Waals surface area contributed by atoms with E-state index in [-0.39, 0.29) is 19.3 Å². The topological polar surface area (TPSA) is 161 Å². The van der Waals surface area contributed by atoms with Crippen LogP contribution in [0.1, 0.15) is 58.9 Å². The van der Waals surface area contributed by atoms with Gasteiger partial charge in [-0.1, -0.05) is 30.9 Å². The Hall–Kier alpha value is -4.35. The van der Waals surface area contributed by atoms with Gasteiger partial charge in [0.25, 0.3) is 0 Å². The molecular formula is C31H46N4O8. The van der Waals surface area contributed by atoms with Crippen LogP contribution in [0.2, 0.25) is 0 Å². The normalized spacial score (nSPS) is 12.9. The number of methoxy groups -OCH3 is 1. The molecule has 0 saturated heterocycles. The van der Waals surface area contributed by atoms with E-state index in [0.29, 0.717) is 31.7 Å². The van der Waals surface area contributed by atoms with Gasteiger partial charge in [0.2, 0.25) is 17.7 Å². The maximum absolute atomic E-state index is 13.4. The van der Waals surface area contributed by atoms with Crippen LogP contribution in [0.25, 0.3) is 0 Å². The first kappa shape index (κ1) is 36.7. The summed E-state index contributed by atoms with van der Waals surface area (Å²) in [6, 6.07) is 4.03. The van der Waals surface area contributed by atoms with Crippen molar-refractivity contribution in [2.24, 2.45) is 0 Å². The highest BCUT2D eigenvalue weighted by Gasteiger charge is 2.29. The number of rotatable bonds is 18. The van der Waals surface area contributed by atoms with Crippen molar-refractivity contribution in [2.45, 2.75) is 83.5 Å². The Balaban J connectivity index is 3.01. The molecule has 0 bridgehead atoms. The quantitative estimate of drug-likeness (QED) is 0.113. The molecule has 4 amide bonds. The average molecular weight is 603 g/mol. The maximum atomic E-state index is 13.4. The molecule has 0 heterocycles. The lowest BCUT2D eigenvalue weighted by Crippen LogP contribution is -2.56. The summed E-state index contributed by atoms with van der Waals surface area (Å²) in [4.78, 5) is 62.7. The molecule has 0 aliphatic heterocycles. The van der Waals surface area contributed by atoms with Crippen molar-refractivity contribution in [2.75, 3.05) is 20.3 Å². The van der Waals surface area contributed by atoms with Gasteiger partial charge in [-0.25, -0.2) is 9.59 Å². The predicted molar refractivity (Wildman–Crippen MR) is 162 cm³/mol. The molecule has 1 aromatic carbocycles. The molecule has 238 valence electrons. The lowest BCUT2D eigenvalue weighted by atomic mass is 10.0. The monoisotopic (exact) mass is 602 g/mol. The first-order chi connectivity index (χ1) is 20.3. The summed E-state index contributed by atoms with van der Waals surface area (Å²) < 4.78 is 15.5. The van der Waals surface area contributed by atoms with E-state index in [9.17, 15) is 24.0 Å². The number of ether oxygens (including phenoxy) is 3. The SMILES string of the molecule is C=CCOc1ccc(C[C@H](NC(C)=O)C(=O)N[C@@H](CCCCNC(=O)OC(C)(C)C)C(=O)N[C@@H](CC=C)C(=O)OC)cc1. The van der Waals surface area contributed by atoms with Crippen LogP contribution in [0.3, 0.4) is 0 Å². The zero-order chi connectivity index (χ0) is 32.4. The second-order valence-corrected chi connectivity index (χ2v) is 10.8. The van der Waals surface area contributed by atoms with Gasteiger partial charge < -0.3 is 35.5 Å². The second-order valence-electron chi connectivity index (χ2n) is 10.8. The highest BCUT2D eigenvalue weighted by atomic mass is 16.6. The third kappa shape index (κ3) is 15.5. The Morgan fingerprint density at radius 3 is 2.07 bits per heavy atom. The van der Waals surface area contributed by atoms with Gasteiger partial charge in [-0.15, -0.1) is 6.58 Å². The van der Waals surface area contributed by atoms with E-state index in [0.717, 1.165) is 5.56 Å². The van der Waals surface area contributed by atoms with Gasteiger partial charge in [-0.2, -0.15) is 0 Å². The molecule has 3 atom stereocenters. The van der Waals surface area contributed by atoms with E-state index in [4.69, 9.17) is 14.2 Å². The fourth-order valence-corrected chi connectivity index (χ4v) is 3.88. The van der Waals surface area contributed by atoms with Gasteiger partial charge in [-0.05, 0) is 64.2 Å². The molecular weight excluding hydrogens is 556 g/mol. The number of esters is 1. The number of carbonyl (C=O) groups is 5. The summed E-state index contributed by atoms with van der Waals surface area (Å²) >= 11 is 0. The highest BCUT2D eigenvalue weighted by molar-refractivity contribution is 5.93. The van der Waals surface area contributed by atoms with E-state index >= 15 is 0 Å². The number of carbonyl (C=O) groups excluding carboxylic acids is 5. The summed E-state index contributed by atoms with van der Waals surface area (Å²) in [6.45, 7) is 14.4. The van der Waals surface area contributed by atoms with Crippen LogP contribution in [0.5, 0.6) is 5.75 Å². The van der Waals surface area contributed by atoms with E-state index in [2.05, 4.69) is 34.4 Å². The lowest BCUT2D eigenvalue weighted by Gasteiger charge is -2.25. The minimum Gasteiger partial charge on any atom is -0.490 e. The molecule has 0 aromatic heterocycles. The summed E-state index contributed by atoms with van der Waals surface area (Å²) in [5.74, 6) is -1.63. The third-order valence-electron chi connectivity index (χ3n) is 5.85. The van der Waals surface area contributed by atoms with Crippen LogP contribution in [-0.2, 0) is 35.1 Å². The minimum absolute atomic E-state index is 0.125. The fourth-order valence-electron chi connectivity index (χ4n) is 3.88. The Labute approximate surface area is 254 Å². The van der Waals surface area contributed by atoms with Crippen LogP contribution in [0, 0.1) is 0 Å². The zero-order valence-electron chi connectivity index (χ0n) is 25.8. The van der Waals surface area contributed by atoms with Crippen molar-refractivity contribution in [3.63, 3.8) is 0 Å². The molecule has 12 heteroatoms. The van der Waals surface area contributed by atoms with Gasteiger partial charge >= 0.3 is 12.1 Å². The highest BCUT2D eigenvalue weighted by Crippen LogP contribution is 2.14. The van der Waals surface area contributed by atoms with Gasteiger partial charge in [0.15, 0.2) is 0 Å². The molecule has 0 aliphatic rings. The Morgan fingerprint density at radius 1 is 0.884 bits per heavy atom. The number of hydrogen-bond acceptors (Lipinski definition) is 8. The summed E-state index contributed by atoms with van der Waals surface area (Å²) in [5.41, 5.74) is 0.121. The number of nitrogens with one attached hydrogen (secondary N) is 4. The number of benzene rings is 1. The molecule has 0 aliphatic carbocycles. The molecule has 43 heavy (non-hydrogen) atoms. The first-order valence-corrected chi connectivity index (χ1v) is 14.2. The number of amides is 4. The third-order valence-corrected chi connectivity index (χ3v) is 5.85. The zero-order valence-corrected chi connectivity index (χ0v) is 25.8. The molecule has 12 nitrogen and oxygen atoms in total. The Morgan fingerprint density at radius 2 is 1.51 bits per heavy atom. The second kappa shape index (κ2) is 19.0. The van der Waals surface area contributed by atoms with Gasteiger partial charge in [0.1, 0.15) is 36.1 Å². The summed E-state index contributed by atoms with van der Waals surface area (Å²) in [6.07, 6.45) is 3.94. The van der Waals surface area contributed by atoms with Crippen molar-refractivity contribution in [3.05, 3.63) is 55.1 Å². The van der Waals surface area contributed by atoms with Crippen molar-refractivity contribution in [1.29, 1.82) is 0 Å². The molecule has 0 saturated carbocycles. The predicted octanol–water partition coefficient (Wildman–Crippen LogP) is 2.71. The van der Waals surface area contributed by atoms with Crippen LogP contribution >= 0.6 is 0 Å². The van der Waals surface area contributed by atoms with Crippen LogP contribution in [0.4, 0.5) is 4.79 Å². The van der Waals surface area contributed by atoms with E-state index in [1.165, 1.54) is 20.1 Å². The van der Waals surface area contributed by atoms with Crippen LogP contribution in [-0.4, -0.2) is 73.8 Å². The number of unbranched alkanes of at least 4 members (excludes halogenated alkanes) is 1. The smallest absolute Gasteiger partial charge is 0.407 e. The fraction of sp³-hybridized carbons (Fsp3) is 0.516. The summed E-state index contributed by atoms with van der Waals surface area (Å²) in [5, 5.41) is 10.6. The average Bonchev–Trinajstić information content (AvgIpc) is 2.93. The molecule has 4 N–H and O–H groups in total. The maximum Gasteiger partial charge on any atom is 0.407 e. The summed E-state index contributed by atoms with van der Waals surface area (Å²) in [7, 11) is 1.21. The van der Waals surface area contributed by atoms with E-state index < -0.39 is 53.5 Å². The van der Waals surface area contributed by atoms with E-state index in [1.54, 1.807) is 51.1 Å². The number of alkyl carbamates (subject to hydrolysis) is 1. The largest absolute Gasteiger partial charge is 0.490 e. The Kier molecular flexibility index (Phi) is 16.2. The number of hydrogen-bond donors (Lipinski definition) is 4. The molecule has 0 spiro atoms. The van der Waals surface area contributed by atoms with Crippen molar-refractivity contribution < 1.29 is 38.2 Å². The van der Waals surface area contributed by atoms with Crippen molar-refractivity contribution >= 4 is 29.8 Å². The van der Waals surface area contributed by atoms with Crippen molar-refractivity contribution in [1.82, 2.24) is 21.3 Å². The van der Waals surface area contributed by atoms with Crippen LogP contribution < -0.4 is 26.0 Å². The molecule has 1 aromatic rings.